The molecule has 2 heteroatoms. The highest BCUT2D eigenvalue weighted by Gasteiger charge is 2.57. The molecule has 83 valence electrons. The van der Waals surface area contributed by atoms with Crippen LogP contribution in [0.25, 0.3) is 6.08 Å². The number of fused-ring (bicyclic) bond motifs is 1. The predicted molar refractivity (Wildman–Crippen MR) is 68.5 cm³/mol. The largest absolute Gasteiger partial charge is 0.412 e. The summed E-state index contributed by atoms with van der Waals surface area (Å²) in [4.78, 5) is 0. The van der Waals surface area contributed by atoms with Crippen LogP contribution in [0.1, 0.15) is 43.9 Å². The van der Waals surface area contributed by atoms with Crippen LogP contribution >= 0.6 is 0 Å². The fourth-order valence-corrected chi connectivity index (χ4v) is 2.87. The fourth-order valence-electron chi connectivity index (χ4n) is 2.52. The summed E-state index contributed by atoms with van der Waals surface area (Å²) in [7, 11) is 3.23. The van der Waals surface area contributed by atoms with Crippen LogP contribution in [-0.2, 0) is 9.84 Å². The highest BCUT2D eigenvalue weighted by atomic mass is 28.2. The van der Waals surface area contributed by atoms with Crippen LogP contribution in [0.15, 0.2) is 24.8 Å². The Balaban J connectivity index is 2.42. The highest BCUT2D eigenvalue weighted by Crippen LogP contribution is 2.58. The first kappa shape index (κ1) is 11.6. The Kier molecular flexibility index (Phi) is 2.59. The van der Waals surface area contributed by atoms with Crippen molar-refractivity contribution in [3.63, 3.8) is 0 Å². The maximum absolute atomic E-state index is 5.55. The van der Waals surface area contributed by atoms with Gasteiger partial charge in [0.15, 0.2) is 0 Å². The lowest BCUT2D eigenvalue weighted by Crippen LogP contribution is -2.40. The lowest BCUT2D eigenvalue weighted by Gasteiger charge is -2.35. The zero-order valence-electron chi connectivity index (χ0n) is 10.1. The molecule has 2 rings (SSSR count). The first-order valence-electron chi connectivity index (χ1n) is 5.65. The maximum Gasteiger partial charge on any atom is 0.247 e. The summed E-state index contributed by atoms with van der Waals surface area (Å²) in [5.74, 6) is 0. The molecule has 0 aliphatic heterocycles. The SMILES string of the molecule is C=Cc1ccc2c(c1)C2(C)C(C)(CC)O[Si]. The van der Waals surface area contributed by atoms with Gasteiger partial charge in [-0.2, -0.15) is 0 Å². The number of hydrogen-bond acceptors (Lipinski definition) is 1. The summed E-state index contributed by atoms with van der Waals surface area (Å²) >= 11 is 0. The Morgan fingerprint density at radius 1 is 1.50 bits per heavy atom. The van der Waals surface area contributed by atoms with Gasteiger partial charge in [0, 0.05) is 5.41 Å². The third-order valence-electron chi connectivity index (χ3n) is 4.25. The first-order valence-corrected chi connectivity index (χ1v) is 6.06. The van der Waals surface area contributed by atoms with Gasteiger partial charge in [-0.15, -0.1) is 0 Å². The van der Waals surface area contributed by atoms with Crippen LogP contribution in [0.2, 0.25) is 0 Å². The normalized spacial score (nSPS) is 25.8. The van der Waals surface area contributed by atoms with Gasteiger partial charge in [0.2, 0.25) is 10.5 Å². The Morgan fingerprint density at radius 3 is 2.69 bits per heavy atom. The van der Waals surface area contributed by atoms with Crippen molar-refractivity contribution >= 4 is 16.6 Å². The summed E-state index contributed by atoms with van der Waals surface area (Å²) in [5, 5.41) is 0. The Labute approximate surface area is 101 Å². The van der Waals surface area contributed by atoms with E-state index in [-0.39, 0.29) is 11.0 Å². The second-order valence-corrected chi connectivity index (χ2v) is 5.02. The fraction of sp³-hybridized carbons (Fsp3) is 0.429. The van der Waals surface area contributed by atoms with Crippen LogP contribution in [-0.4, -0.2) is 16.1 Å². The van der Waals surface area contributed by atoms with E-state index in [1.165, 1.54) is 16.7 Å². The van der Waals surface area contributed by atoms with Gasteiger partial charge in [-0.05, 0) is 37.0 Å². The Bertz CT molecular complexity index is 434. The second kappa shape index (κ2) is 3.57. The van der Waals surface area contributed by atoms with E-state index in [9.17, 15) is 0 Å². The third kappa shape index (κ3) is 1.26. The van der Waals surface area contributed by atoms with Crippen LogP contribution in [0.5, 0.6) is 0 Å². The molecule has 0 bridgehead atoms. The van der Waals surface area contributed by atoms with Crippen molar-refractivity contribution in [3.05, 3.63) is 41.5 Å². The minimum absolute atomic E-state index is 0.0325. The molecule has 1 aliphatic rings. The molecule has 2 atom stereocenters. The van der Waals surface area contributed by atoms with Crippen molar-refractivity contribution in [2.24, 2.45) is 0 Å². The van der Waals surface area contributed by atoms with Gasteiger partial charge in [0.25, 0.3) is 0 Å². The van der Waals surface area contributed by atoms with E-state index < -0.39 is 0 Å². The zero-order valence-corrected chi connectivity index (χ0v) is 11.1. The molecule has 1 aromatic rings. The van der Waals surface area contributed by atoms with Crippen LogP contribution in [0, 0.1) is 0 Å². The minimum Gasteiger partial charge on any atom is -0.412 e. The van der Waals surface area contributed by atoms with Crippen molar-refractivity contribution in [1.82, 2.24) is 0 Å². The molecule has 0 amide bonds. The molecular formula is C14H17OSi. The minimum atomic E-state index is -0.188. The molecule has 0 saturated heterocycles. The maximum atomic E-state index is 5.55. The van der Waals surface area contributed by atoms with E-state index in [0.29, 0.717) is 0 Å². The lowest BCUT2D eigenvalue weighted by molar-refractivity contribution is 0.0531. The van der Waals surface area contributed by atoms with Gasteiger partial charge >= 0.3 is 0 Å². The molecule has 0 spiro atoms. The molecular weight excluding hydrogens is 212 g/mol. The molecule has 0 saturated carbocycles. The van der Waals surface area contributed by atoms with Gasteiger partial charge in [0.1, 0.15) is 0 Å². The zero-order chi connectivity index (χ0) is 12.0. The highest BCUT2D eigenvalue weighted by molar-refractivity contribution is 5.98. The van der Waals surface area contributed by atoms with Gasteiger partial charge < -0.3 is 4.43 Å². The Hall–Kier alpha value is -0.863. The molecule has 1 aromatic carbocycles. The van der Waals surface area contributed by atoms with E-state index in [4.69, 9.17) is 4.43 Å². The van der Waals surface area contributed by atoms with Gasteiger partial charge in [0.05, 0.1) is 5.60 Å². The van der Waals surface area contributed by atoms with E-state index >= 15 is 0 Å². The molecule has 0 heterocycles. The van der Waals surface area contributed by atoms with Crippen molar-refractivity contribution in [2.45, 2.75) is 38.2 Å². The Morgan fingerprint density at radius 2 is 2.19 bits per heavy atom. The smallest absolute Gasteiger partial charge is 0.247 e. The van der Waals surface area contributed by atoms with E-state index in [0.717, 1.165) is 6.42 Å². The molecule has 3 radical (unpaired) electrons. The van der Waals surface area contributed by atoms with Gasteiger partial charge in [-0.25, -0.2) is 0 Å². The quantitative estimate of drug-likeness (QED) is 0.720. The summed E-state index contributed by atoms with van der Waals surface area (Å²) in [5.41, 5.74) is 3.79. The summed E-state index contributed by atoms with van der Waals surface area (Å²) in [6.07, 6.45) is 2.85. The molecule has 0 aromatic heterocycles. The van der Waals surface area contributed by atoms with Gasteiger partial charge in [-0.3, -0.25) is 0 Å². The standard InChI is InChI=1S/C14H17OSi/c1-5-10-7-8-11-12(9-10)14(11,4)13(3,6-2)15-16/h5,7-9H,1,6H2,2-4H3. The van der Waals surface area contributed by atoms with E-state index in [1.54, 1.807) is 0 Å². The lowest BCUT2D eigenvalue weighted by atomic mass is 9.81. The van der Waals surface area contributed by atoms with Crippen LogP contribution < -0.4 is 0 Å². The third-order valence-corrected chi connectivity index (χ3v) is 4.70. The van der Waals surface area contributed by atoms with Crippen molar-refractivity contribution in [1.29, 1.82) is 0 Å². The average Bonchev–Trinajstić information content (AvgIpc) is 2.95. The van der Waals surface area contributed by atoms with Crippen LogP contribution in [0.3, 0.4) is 0 Å². The van der Waals surface area contributed by atoms with E-state index in [1.807, 2.05) is 6.08 Å². The summed E-state index contributed by atoms with van der Waals surface area (Å²) in [6, 6.07) is 6.51. The van der Waals surface area contributed by atoms with Crippen molar-refractivity contribution in [2.75, 3.05) is 0 Å². The molecule has 0 N–H and O–H groups in total. The summed E-state index contributed by atoms with van der Waals surface area (Å²) < 4.78 is 5.55. The molecule has 2 unspecified atom stereocenters. The molecule has 0 fully saturated rings. The number of benzene rings is 1. The second-order valence-electron chi connectivity index (χ2n) is 4.82. The average molecular weight is 229 g/mol. The molecule has 1 aliphatic carbocycles. The van der Waals surface area contributed by atoms with Gasteiger partial charge in [-0.1, -0.05) is 37.8 Å². The first-order chi connectivity index (χ1) is 7.53. The van der Waals surface area contributed by atoms with Crippen LogP contribution in [0.4, 0.5) is 0 Å². The van der Waals surface area contributed by atoms with Crippen molar-refractivity contribution in [3.8, 4) is 0 Å². The molecule has 16 heavy (non-hydrogen) atoms. The van der Waals surface area contributed by atoms with Crippen molar-refractivity contribution < 1.29 is 4.43 Å². The number of hydrogen-bond donors (Lipinski definition) is 0. The number of rotatable bonds is 4. The topological polar surface area (TPSA) is 9.23 Å². The predicted octanol–water partition coefficient (Wildman–Crippen LogP) is 3.22. The summed E-state index contributed by atoms with van der Waals surface area (Å²) in [6.45, 7) is 10.3. The molecule has 1 nitrogen and oxygen atoms in total. The van der Waals surface area contributed by atoms with E-state index in [2.05, 4.69) is 56.0 Å². The monoisotopic (exact) mass is 229 g/mol.